The Balaban J connectivity index is 2.33. The van der Waals surface area contributed by atoms with Crippen LogP contribution in [0.3, 0.4) is 0 Å². The van der Waals surface area contributed by atoms with Gasteiger partial charge in [-0.15, -0.1) is 0 Å². The quantitative estimate of drug-likeness (QED) is 0.611. The van der Waals surface area contributed by atoms with E-state index >= 15 is 0 Å². The van der Waals surface area contributed by atoms with E-state index in [-0.39, 0.29) is 0 Å². The normalized spacial score (nSPS) is 14.9. The standard InChI is InChI=1S/C14H21Br/c1-3-7-12(2)10-11-14(15)13-8-5-4-6-9-13/h4-6,8-9,12,14H,3,7,10-11H2,1-2H3. The van der Waals surface area contributed by atoms with E-state index in [2.05, 4.69) is 60.1 Å². The Hall–Kier alpha value is -0.300. The predicted molar refractivity (Wildman–Crippen MR) is 71.4 cm³/mol. The Morgan fingerprint density at radius 3 is 2.33 bits per heavy atom. The molecule has 0 radical (unpaired) electrons. The molecule has 1 aromatic carbocycles. The van der Waals surface area contributed by atoms with Gasteiger partial charge in [0.1, 0.15) is 0 Å². The molecule has 2 atom stereocenters. The third-order valence-electron chi connectivity index (χ3n) is 2.86. The summed E-state index contributed by atoms with van der Waals surface area (Å²) in [6, 6.07) is 10.7. The predicted octanol–water partition coefficient (Wildman–Crippen LogP) is 5.34. The molecule has 0 heterocycles. The van der Waals surface area contributed by atoms with Crippen molar-refractivity contribution in [2.24, 2.45) is 5.92 Å². The van der Waals surface area contributed by atoms with Crippen LogP contribution < -0.4 is 0 Å². The molecule has 0 nitrogen and oxygen atoms in total. The highest BCUT2D eigenvalue weighted by Crippen LogP contribution is 2.29. The van der Waals surface area contributed by atoms with Crippen LogP contribution in [0.5, 0.6) is 0 Å². The third kappa shape index (κ3) is 4.83. The zero-order valence-electron chi connectivity index (χ0n) is 9.75. The largest absolute Gasteiger partial charge is 0.0839 e. The summed E-state index contributed by atoms with van der Waals surface area (Å²) in [7, 11) is 0. The fraction of sp³-hybridized carbons (Fsp3) is 0.571. The molecule has 0 N–H and O–H groups in total. The molecule has 0 saturated heterocycles. The fourth-order valence-corrected chi connectivity index (χ4v) is 2.47. The van der Waals surface area contributed by atoms with Crippen molar-refractivity contribution >= 4 is 15.9 Å². The van der Waals surface area contributed by atoms with Crippen molar-refractivity contribution in [3.05, 3.63) is 35.9 Å². The van der Waals surface area contributed by atoms with E-state index in [4.69, 9.17) is 0 Å². The van der Waals surface area contributed by atoms with Gasteiger partial charge in [0.2, 0.25) is 0 Å². The number of rotatable bonds is 6. The SMILES string of the molecule is CCCC(C)CCC(Br)c1ccccc1. The first-order valence-electron chi connectivity index (χ1n) is 5.93. The van der Waals surface area contributed by atoms with E-state index in [1.165, 1.54) is 31.2 Å². The second-order valence-corrected chi connectivity index (χ2v) is 5.45. The molecule has 0 fully saturated rings. The number of hydrogen-bond donors (Lipinski definition) is 0. The van der Waals surface area contributed by atoms with Crippen molar-refractivity contribution in [1.29, 1.82) is 0 Å². The van der Waals surface area contributed by atoms with E-state index in [1.54, 1.807) is 0 Å². The lowest BCUT2D eigenvalue weighted by atomic mass is 9.97. The molecule has 2 unspecified atom stereocenters. The molecule has 0 aliphatic carbocycles. The summed E-state index contributed by atoms with van der Waals surface area (Å²) < 4.78 is 0. The second-order valence-electron chi connectivity index (χ2n) is 4.35. The molecule has 0 aliphatic heterocycles. The summed E-state index contributed by atoms with van der Waals surface area (Å²) in [5, 5.41) is 0. The average molecular weight is 269 g/mol. The van der Waals surface area contributed by atoms with Gasteiger partial charge < -0.3 is 0 Å². The zero-order valence-corrected chi connectivity index (χ0v) is 11.3. The monoisotopic (exact) mass is 268 g/mol. The first-order valence-corrected chi connectivity index (χ1v) is 6.84. The highest BCUT2D eigenvalue weighted by Gasteiger charge is 2.08. The van der Waals surface area contributed by atoms with Crippen LogP contribution in [0.25, 0.3) is 0 Å². The highest BCUT2D eigenvalue weighted by molar-refractivity contribution is 9.09. The molecule has 84 valence electrons. The summed E-state index contributed by atoms with van der Waals surface area (Å²) in [5.74, 6) is 0.860. The van der Waals surface area contributed by atoms with Crippen LogP contribution >= 0.6 is 15.9 Å². The molecular weight excluding hydrogens is 248 g/mol. The van der Waals surface area contributed by atoms with Gasteiger partial charge in [0.15, 0.2) is 0 Å². The summed E-state index contributed by atoms with van der Waals surface area (Å²) in [6.45, 7) is 4.62. The topological polar surface area (TPSA) is 0 Å². The van der Waals surface area contributed by atoms with Crippen molar-refractivity contribution in [3.63, 3.8) is 0 Å². The van der Waals surface area contributed by atoms with Crippen LogP contribution in [-0.2, 0) is 0 Å². The van der Waals surface area contributed by atoms with Gasteiger partial charge in [-0.05, 0) is 24.3 Å². The molecule has 1 heteroatoms. The smallest absolute Gasteiger partial charge is 0.0395 e. The molecule has 0 aliphatic rings. The molecular formula is C14H21Br. The van der Waals surface area contributed by atoms with Gasteiger partial charge in [0, 0.05) is 4.83 Å². The Bertz CT molecular complexity index is 255. The number of halogens is 1. The fourth-order valence-electron chi connectivity index (χ4n) is 1.90. The summed E-state index contributed by atoms with van der Waals surface area (Å²) in [5.41, 5.74) is 1.40. The lowest BCUT2D eigenvalue weighted by Crippen LogP contribution is -1.97. The van der Waals surface area contributed by atoms with E-state index < -0.39 is 0 Å². The van der Waals surface area contributed by atoms with Gasteiger partial charge in [-0.2, -0.15) is 0 Å². The minimum Gasteiger partial charge on any atom is -0.0839 e. The van der Waals surface area contributed by atoms with Gasteiger partial charge >= 0.3 is 0 Å². The Morgan fingerprint density at radius 2 is 1.73 bits per heavy atom. The minimum atomic E-state index is 0.526. The van der Waals surface area contributed by atoms with Crippen LogP contribution in [0.1, 0.15) is 49.9 Å². The lowest BCUT2D eigenvalue weighted by molar-refractivity contribution is 0.469. The number of alkyl halides is 1. The molecule has 0 aromatic heterocycles. The molecule has 15 heavy (non-hydrogen) atoms. The maximum atomic E-state index is 3.77. The third-order valence-corrected chi connectivity index (χ3v) is 3.84. The van der Waals surface area contributed by atoms with Crippen LogP contribution in [0, 0.1) is 5.92 Å². The van der Waals surface area contributed by atoms with Crippen LogP contribution in [0.2, 0.25) is 0 Å². The van der Waals surface area contributed by atoms with Crippen LogP contribution in [0.15, 0.2) is 30.3 Å². The van der Waals surface area contributed by atoms with Crippen molar-refractivity contribution in [2.75, 3.05) is 0 Å². The lowest BCUT2D eigenvalue weighted by Gasteiger charge is -2.14. The maximum Gasteiger partial charge on any atom is 0.0395 e. The molecule has 1 aromatic rings. The van der Waals surface area contributed by atoms with Gasteiger partial charge in [0.25, 0.3) is 0 Å². The van der Waals surface area contributed by atoms with Crippen molar-refractivity contribution in [3.8, 4) is 0 Å². The Labute approximate surface area is 102 Å². The first kappa shape index (κ1) is 12.8. The summed E-state index contributed by atoms with van der Waals surface area (Å²) >= 11 is 3.77. The zero-order chi connectivity index (χ0) is 11.1. The second kappa shape index (κ2) is 7.05. The first-order chi connectivity index (χ1) is 7.24. The van der Waals surface area contributed by atoms with E-state index in [0.29, 0.717) is 4.83 Å². The summed E-state index contributed by atoms with van der Waals surface area (Å²) in [4.78, 5) is 0.526. The van der Waals surface area contributed by atoms with Gasteiger partial charge in [-0.1, -0.05) is 73.0 Å². The van der Waals surface area contributed by atoms with Crippen molar-refractivity contribution in [1.82, 2.24) is 0 Å². The van der Waals surface area contributed by atoms with E-state index in [1.807, 2.05) is 0 Å². The Kier molecular flexibility index (Phi) is 6.00. The van der Waals surface area contributed by atoms with E-state index in [0.717, 1.165) is 5.92 Å². The minimum absolute atomic E-state index is 0.526. The Morgan fingerprint density at radius 1 is 1.07 bits per heavy atom. The van der Waals surface area contributed by atoms with Crippen molar-refractivity contribution in [2.45, 2.75) is 44.4 Å². The number of hydrogen-bond acceptors (Lipinski definition) is 0. The molecule has 0 amide bonds. The highest BCUT2D eigenvalue weighted by atomic mass is 79.9. The molecule has 1 rings (SSSR count). The van der Waals surface area contributed by atoms with Crippen molar-refractivity contribution < 1.29 is 0 Å². The molecule has 0 saturated carbocycles. The van der Waals surface area contributed by atoms with Crippen LogP contribution in [-0.4, -0.2) is 0 Å². The van der Waals surface area contributed by atoms with E-state index in [9.17, 15) is 0 Å². The van der Waals surface area contributed by atoms with Gasteiger partial charge in [-0.25, -0.2) is 0 Å². The van der Waals surface area contributed by atoms with Gasteiger partial charge in [-0.3, -0.25) is 0 Å². The van der Waals surface area contributed by atoms with Gasteiger partial charge in [0.05, 0.1) is 0 Å². The number of benzene rings is 1. The summed E-state index contributed by atoms with van der Waals surface area (Å²) in [6.07, 6.45) is 5.22. The molecule has 0 spiro atoms. The van der Waals surface area contributed by atoms with Crippen LogP contribution in [0.4, 0.5) is 0 Å². The average Bonchev–Trinajstić information content (AvgIpc) is 2.27. The molecule has 0 bridgehead atoms. The maximum absolute atomic E-state index is 3.77.